The summed E-state index contributed by atoms with van der Waals surface area (Å²) in [4.78, 5) is 2.34. The van der Waals surface area contributed by atoms with Crippen molar-refractivity contribution < 1.29 is 0 Å². The number of likely N-dealkylation sites (N-methyl/N-ethyl adjacent to an activating group) is 2. The molecule has 0 amide bonds. The van der Waals surface area contributed by atoms with Gasteiger partial charge in [-0.3, -0.25) is 0 Å². The number of hydrogen-bond acceptors (Lipinski definition) is 2. The van der Waals surface area contributed by atoms with Crippen LogP contribution in [0, 0.1) is 6.92 Å². The second kappa shape index (κ2) is 6.35. The maximum absolute atomic E-state index is 3.67. The predicted molar refractivity (Wildman–Crippen MR) is 80.0 cm³/mol. The Morgan fingerprint density at radius 1 is 1.22 bits per heavy atom. The van der Waals surface area contributed by atoms with Crippen LogP contribution in [0.1, 0.15) is 44.4 Å². The average Bonchev–Trinajstić information content (AvgIpc) is 2.36. The topological polar surface area (TPSA) is 15.3 Å². The standard InChI is InChI=1S/C16H28N2/c1-7-16(4,18(5)6)15(17-8-2)14-12-10-9-11-13(14)3/h9-12,15,17H,7-8H2,1-6H3. The molecule has 0 saturated heterocycles. The highest BCUT2D eigenvalue weighted by Crippen LogP contribution is 2.34. The van der Waals surface area contributed by atoms with Crippen LogP contribution in [0.25, 0.3) is 0 Å². The van der Waals surface area contributed by atoms with Gasteiger partial charge in [0.15, 0.2) is 0 Å². The molecule has 0 aliphatic carbocycles. The van der Waals surface area contributed by atoms with Crippen molar-refractivity contribution in [1.82, 2.24) is 10.2 Å². The van der Waals surface area contributed by atoms with E-state index in [0.717, 1.165) is 13.0 Å². The summed E-state index contributed by atoms with van der Waals surface area (Å²) in [5, 5.41) is 3.67. The predicted octanol–water partition coefficient (Wildman–Crippen LogP) is 3.38. The van der Waals surface area contributed by atoms with E-state index < -0.39 is 0 Å². The van der Waals surface area contributed by atoms with Gasteiger partial charge >= 0.3 is 0 Å². The molecule has 2 heteroatoms. The summed E-state index contributed by atoms with van der Waals surface area (Å²) in [5.41, 5.74) is 2.91. The van der Waals surface area contributed by atoms with Gasteiger partial charge in [-0.15, -0.1) is 0 Å². The van der Waals surface area contributed by atoms with Crippen LogP contribution >= 0.6 is 0 Å². The van der Waals surface area contributed by atoms with E-state index >= 15 is 0 Å². The fourth-order valence-electron chi connectivity index (χ4n) is 2.56. The average molecular weight is 248 g/mol. The maximum Gasteiger partial charge on any atom is 0.0506 e. The summed E-state index contributed by atoms with van der Waals surface area (Å²) >= 11 is 0. The molecule has 0 aliphatic rings. The third-order valence-corrected chi connectivity index (χ3v) is 4.27. The molecular weight excluding hydrogens is 220 g/mol. The molecule has 0 aromatic heterocycles. The van der Waals surface area contributed by atoms with Crippen LogP contribution in [0.15, 0.2) is 24.3 Å². The molecule has 102 valence electrons. The van der Waals surface area contributed by atoms with Gasteiger partial charge in [0.2, 0.25) is 0 Å². The highest BCUT2D eigenvalue weighted by molar-refractivity contribution is 5.31. The van der Waals surface area contributed by atoms with Gasteiger partial charge in [0.25, 0.3) is 0 Å². The Morgan fingerprint density at radius 3 is 2.28 bits per heavy atom. The van der Waals surface area contributed by atoms with Gasteiger partial charge in [0.05, 0.1) is 6.04 Å². The molecule has 1 aromatic rings. The van der Waals surface area contributed by atoms with E-state index in [2.05, 4.69) is 76.3 Å². The Kier molecular flexibility index (Phi) is 5.36. The first-order valence-corrected chi connectivity index (χ1v) is 6.93. The number of hydrogen-bond donors (Lipinski definition) is 1. The molecule has 1 rings (SSSR count). The van der Waals surface area contributed by atoms with E-state index in [1.807, 2.05) is 0 Å². The minimum atomic E-state index is 0.127. The Balaban J connectivity index is 3.21. The van der Waals surface area contributed by atoms with Gasteiger partial charge in [-0.25, -0.2) is 0 Å². The summed E-state index contributed by atoms with van der Waals surface area (Å²) in [6.07, 6.45) is 1.12. The van der Waals surface area contributed by atoms with E-state index in [0.29, 0.717) is 6.04 Å². The lowest BCUT2D eigenvalue weighted by molar-refractivity contribution is 0.113. The number of nitrogens with one attached hydrogen (secondary N) is 1. The molecule has 1 aromatic carbocycles. The van der Waals surface area contributed by atoms with Crippen LogP contribution in [-0.4, -0.2) is 31.1 Å². The lowest BCUT2D eigenvalue weighted by atomic mass is 9.82. The van der Waals surface area contributed by atoms with Gasteiger partial charge < -0.3 is 10.2 Å². The minimum Gasteiger partial charge on any atom is -0.309 e. The second-order valence-electron chi connectivity index (χ2n) is 5.45. The molecule has 2 unspecified atom stereocenters. The van der Waals surface area contributed by atoms with Crippen molar-refractivity contribution in [2.24, 2.45) is 0 Å². The molecule has 0 bridgehead atoms. The normalized spacial score (nSPS) is 16.6. The number of nitrogens with zero attached hydrogens (tertiary/aromatic N) is 1. The highest BCUT2D eigenvalue weighted by atomic mass is 15.2. The molecule has 2 atom stereocenters. The first kappa shape index (κ1) is 15.2. The molecule has 18 heavy (non-hydrogen) atoms. The second-order valence-corrected chi connectivity index (χ2v) is 5.45. The zero-order valence-electron chi connectivity index (χ0n) is 12.7. The first-order chi connectivity index (χ1) is 8.47. The Morgan fingerprint density at radius 2 is 1.83 bits per heavy atom. The molecule has 2 nitrogen and oxygen atoms in total. The van der Waals surface area contributed by atoms with Crippen molar-refractivity contribution in [2.45, 2.75) is 45.7 Å². The molecule has 1 N–H and O–H groups in total. The van der Waals surface area contributed by atoms with Gasteiger partial charge in [0.1, 0.15) is 0 Å². The molecule has 0 fully saturated rings. The zero-order chi connectivity index (χ0) is 13.8. The quantitative estimate of drug-likeness (QED) is 0.830. The maximum atomic E-state index is 3.67. The van der Waals surface area contributed by atoms with E-state index in [9.17, 15) is 0 Å². The lowest BCUT2D eigenvalue weighted by Gasteiger charge is -2.44. The van der Waals surface area contributed by atoms with E-state index in [-0.39, 0.29) is 5.54 Å². The fourth-order valence-corrected chi connectivity index (χ4v) is 2.56. The van der Waals surface area contributed by atoms with E-state index in [1.165, 1.54) is 11.1 Å². The van der Waals surface area contributed by atoms with Crippen molar-refractivity contribution in [3.63, 3.8) is 0 Å². The highest BCUT2D eigenvalue weighted by Gasteiger charge is 2.35. The molecule has 0 spiro atoms. The van der Waals surface area contributed by atoms with Crippen molar-refractivity contribution in [3.8, 4) is 0 Å². The van der Waals surface area contributed by atoms with Crippen LogP contribution in [-0.2, 0) is 0 Å². The van der Waals surface area contributed by atoms with Crippen LogP contribution in [0.3, 0.4) is 0 Å². The molecule has 0 aliphatic heterocycles. The van der Waals surface area contributed by atoms with Gasteiger partial charge in [0, 0.05) is 5.54 Å². The Hall–Kier alpha value is -0.860. The summed E-state index contributed by atoms with van der Waals surface area (Å²) < 4.78 is 0. The summed E-state index contributed by atoms with van der Waals surface area (Å²) in [7, 11) is 4.35. The lowest BCUT2D eigenvalue weighted by Crippen LogP contribution is -2.51. The van der Waals surface area contributed by atoms with Crippen LogP contribution in [0.2, 0.25) is 0 Å². The summed E-state index contributed by atoms with van der Waals surface area (Å²) in [6.45, 7) is 9.97. The minimum absolute atomic E-state index is 0.127. The van der Waals surface area contributed by atoms with Crippen LogP contribution in [0.5, 0.6) is 0 Å². The summed E-state index contributed by atoms with van der Waals surface area (Å²) in [6, 6.07) is 9.06. The number of rotatable bonds is 6. The smallest absolute Gasteiger partial charge is 0.0506 e. The van der Waals surface area contributed by atoms with Gasteiger partial charge in [-0.1, -0.05) is 38.1 Å². The fraction of sp³-hybridized carbons (Fsp3) is 0.625. The van der Waals surface area contributed by atoms with Crippen molar-refractivity contribution >= 4 is 0 Å². The van der Waals surface area contributed by atoms with Crippen LogP contribution < -0.4 is 5.32 Å². The molecule has 0 heterocycles. The first-order valence-electron chi connectivity index (χ1n) is 6.93. The molecular formula is C16H28N2. The van der Waals surface area contributed by atoms with Crippen molar-refractivity contribution in [2.75, 3.05) is 20.6 Å². The van der Waals surface area contributed by atoms with Crippen molar-refractivity contribution in [1.29, 1.82) is 0 Å². The van der Waals surface area contributed by atoms with E-state index in [4.69, 9.17) is 0 Å². The third kappa shape index (κ3) is 2.93. The van der Waals surface area contributed by atoms with Gasteiger partial charge in [-0.2, -0.15) is 0 Å². The van der Waals surface area contributed by atoms with Gasteiger partial charge in [-0.05, 0) is 52.0 Å². The van der Waals surface area contributed by atoms with E-state index in [1.54, 1.807) is 0 Å². The summed E-state index contributed by atoms with van der Waals surface area (Å²) in [5.74, 6) is 0. The monoisotopic (exact) mass is 248 g/mol. The van der Waals surface area contributed by atoms with Crippen molar-refractivity contribution in [3.05, 3.63) is 35.4 Å². The Bertz CT molecular complexity index is 373. The number of benzene rings is 1. The number of aryl methyl sites for hydroxylation is 1. The third-order valence-electron chi connectivity index (χ3n) is 4.27. The SMILES string of the molecule is CCNC(c1ccccc1C)C(C)(CC)N(C)C. The molecule has 0 saturated carbocycles. The molecule has 0 radical (unpaired) electrons. The largest absolute Gasteiger partial charge is 0.309 e. The Labute approximate surface area is 112 Å². The zero-order valence-corrected chi connectivity index (χ0v) is 12.7. The van der Waals surface area contributed by atoms with Crippen LogP contribution in [0.4, 0.5) is 0 Å².